The maximum Gasteiger partial charge on any atom is 0.341 e. The van der Waals surface area contributed by atoms with Crippen LogP contribution in [-0.2, 0) is 27.2 Å². The second kappa shape index (κ2) is 8.69. The topological polar surface area (TPSA) is 92.7 Å². The molecule has 29 heavy (non-hydrogen) atoms. The van der Waals surface area contributed by atoms with E-state index >= 15 is 0 Å². The minimum Gasteiger partial charge on any atom is -0.481 e. The van der Waals surface area contributed by atoms with E-state index in [2.05, 4.69) is 12.2 Å². The van der Waals surface area contributed by atoms with Crippen molar-refractivity contribution in [1.29, 1.82) is 0 Å². The zero-order valence-electron chi connectivity index (χ0n) is 17.5. The van der Waals surface area contributed by atoms with Crippen LogP contribution in [0.1, 0.15) is 67.8 Å². The van der Waals surface area contributed by atoms with Gasteiger partial charge < -0.3 is 15.2 Å². The number of thiophene rings is 1. The van der Waals surface area contributed by atoms with E-state index in [1.807, 2.05) is 13.8 Å². The van der Waals surface area contributed by atoms with E-state index in [1.54, 1.807) is 6.92 Å². The van der Waals surface area contributed by atoms with Crippen LogP contribution in [0.15, 0.2) is 11.1 Å². The highest BCUT2D eigenvalue weighted by atomic mass is 32.1. The molecule has 1 amide bonds. The average molecular weight is 420 g/mol. The monoisotopic (exact) mass is 419 g/mol. The summed E-state index contributed by atoms with van der Waals surface area (Å²) < 4.78 is 5.25. The number of fused-ring (bicyclic) bond motifs is 1. The van der Waals surface area contributed by atoms with Gasteiger partial charge in [-0.1, -0.05) is 18.1 Å². The number of carboxylic acids is 1. The van der Waals surface area contributed by atoms with Crippen molar-refractivity contribution < 1.29 is 24.2 Å². The number of carbonyl (C=O) groups is 3. The van der Waals surface area contributed by atoms with Gasteiger partial charge in [0.1, 0.15) is 5.00 Å². The highest BCUT2D eigenvalue weighted by Crippen LogP contribution is 2.41. The molecule has 158 valence electrons. The molecule has 7 heteroatoms. The molecule has 0 aliphatic heterocycles. The predicted octanol–water partition coefficient (Wildman–Crippen LogP) is 4.44. The van der Waals surface area contributed by atoms with Gasteiger partial charge in [0, 0.05) is 4.88 Å². The van der Waals surface area contributed by atoms with Gasteiger partial charge in [-0.2, -0.15) is 0 Å². The van der Waals surface area contributed by atoms with Crippen LogP contribution in [0.2, 0.25) is 0 Å². The Labute approximate surface area is 175 Å². The fourth-order valence-corrected chi connectivity index (χ4v) is 5.69. The molecule has 0 saturated heterocycles. The van der Waals surface area contributed by atoms with Crippen molar-refractivity contribution in [2.75, 3.05) is 11.9 Å². The van der Waals surface area contributed by atoms with Crippen LogP contribution < -0.4 is 5.32 Å². The molecule has 3 atom stereocenters. The number of anilines is 1. The van der Waals surface area contributed by atoms with Crippen LogP contribution in [0.3, 0.4) is 0 Å². The number of amides is 1. The third-order valence-electron chi connectivity index (χ3n) is 6.15. The van der Waals surface area contributed by atoms with Crippen LogP contribution in [-0.4, -0.2) is 29.6 Å². The predicted molar refractivity (Wildman–Crippen MR) is 112 cm³/mol. The maximum atomic E-state index is 13.1. The van der Waals surface area contributed by atoms with Crippen molar-refractivity contribution in [3.63, 3.8) is 0 Å². The number of hydrogen-bond donors (Lipinski definition) is 2. The van der Waals surface area contributed by atoms with Crippen molar-refractivity contribution in [2.24, 2.45) is 17.8 Å². The average Bonchev–Trinajstić information content (AvgIpc) is 3.00. The third kappa shape index (κ3) is 4.39. The molecule has 1 heterocycles. The van der Waals surface area contributed by atoms with Crippen LogP contribution in [0.5, 0.6) is 0 Å². The summed E-state index contributed by atoms with van der Waals surface area (Å²) in [5.41, 5.74) is 3.53. The first-order valence-corrected chi connectivity index (χ1v) is 11.0. The first-order chi connectivity index (χ1) is 13.7. The first-order valence-electron chi connectivity index (χ1n) is 10.2. The lowest BCUT2D eigenvalue weighted by atomic mass is 9.76. The summed E-state index contributed by atoms with van der Waals surface area (Å²) in [6, 6.07) is 0. The second-order valence-electron chi connectivity index (χ2n) is 8.29. The van der Waals surface area contributed by atoms with Crippen LogP contribution in [0, 0.1) is 17.8 Å². The Morgan fingerprint density at radius 1 is 1.14 bits per heavy atom. The lowest BCUT2D eigenvalue weighted by Crippen LogP contribution is -2.36. The number of nitrogens with one attached hydrogen (secondary N) is 1. The Bertz CT molecular complexity index is 869. The summed E-state index contributed by atoms with van der Waals surface area (Å²) in [7, 11) is 0. The second-order valence-corrected chi connectivity index (χ2v) is 9.39. The Kier molecular flexibility index (Phi) is 6.46. The summed E-state index contributed by atoms with van der Waals surface area (Å²) >= 11 is 1.43. The highest BCUT2D eigenvalue weighted by Gasteiger charge is 2.38. The zero-order valence-corrected chi connectivity index (χ0v) is 18.3. The molecule has 2 aliphatic rings. The van der Waals surface area contributed by atoms with E-state index in [-0.39, 0.29) is 12.5 Å². The van der Waals surface area contributed by atoms with E-state index in [0.29, 0.717) is 29.3 Å². The minimum absolute atomic E-state index is 0.264. The van der Waals surface area contributed by atoms with Gasteiger partial charge in [0.25, 0.3) is 0 Å². The van der Waals surface area contributed by atoms with Crippen molar-refractivity contribution in [3.8, 4) is 0 Å². The Balaban J connectivity index is 1.91. The molecule has 6 nitrogen and oxygen atoms in total. The van der Waals surface area contributed by atoms with E-state index < -0.39 is 23.8 Å². The Morgan fingerprint density at radius 3 is 2.41 bits per heavy atom. The summed E-state index contributed by atoms with van der Waals surface area (Å²) in [5, 5.41) is 13.0. The van der Waals surface area contributed by atoms with Gasteiger partial charge in [-0.15, -0.1) is 11.3 Å². The number of aliphatic carboxylic acids is 1. The van der Waals surface area contributed by atoms with Crippen molar-refractivity contribution in [1.82, 2.24) is 0 Å². The maximum absolute atomic E-state index is 13.1. The van der Waals surface area contributed by atoms with Crippen molar-refractivity contribution in [2.45, 2.75) is 59.8 Å². The van der Waals surface area contributed by atoms with Crippen LogP contribution in [0.25, 0.3) is 0 Å². The summed E-state index contributed by atoms with van der Waals surface area (Å²) in [6.45, 7) is 8.08. The summed E-state index contributed by atoms with van der Waals surface area (Å²) in [4.78, 5) is 38.6. The van der Waals surface area contributed by atoms with Crippen LogP contribution in [0.4, 0.5) is 5.00 Å². The number of esters is 1. The van der Waals surface area contributed by atoms with E-state index in [0.717, 1.165) is 40.8 Å². The molecule has 0 spiro atoms. The molecule has 2 aliphatic carbocycles. The molecule has 2 N–H and O–H groups in total. The summed E-state index contributed by atoms with van der Waals surface area (Å²) in [5.74, 6) is -2.57. The van der Waals surface area contributed by atoms with Gasteiger partial charge in [0.2, 0.25) is 5.91 Å². The lowest BCUT2D eigenvalue weighted by Gasteiger charge is -2.29. The molecule has 0 saturated carbocycles. The minimum atomic E-state index is -0.957. The fraction of sp³-hybridized carbons (Fsp3) is 0.591. The standard InChI is InChI=1S/C22H29NO5S/c1-5-28-22(27)18-14-7-6-11(2)8-17(14)29-20(18)23-19(24)15-9-12(3)13(4)10-16(15)21(25)26/h11,15-16H,5-10H2,1-4H3,(H,23,24)(H,25,26)/t11-,15-,16-/m1/s1. The molecule has 0 fully saturated rings. The highest BCUT2D eigenvalue weighted by molar-refractivity contribution is 7.17. The van der Waals surface area contributed by atoms with Gasteiger partial charge in [-0.05, 0) is 64.4 Å². The number of hydrogen-bond acceptors (Lipinski definition) is 5. The molecule has 3 rings (SSSR count). The molecule has 1 aromatic heterocycles. The molecule has 0 radical (unpaired) electrons. The number of ether oxygens (including phenoxy) is 1. The molecule has 0 bridgehead atoms. The number of carboxylic acid groups (broad SMARTS) is 1. The van der Waals surface area contributed by atoms with E-state index in [9.17, 15) is 19.5 Å². The molecule has 0 unspecified atom stereocenters. The van der Waals surface area contributed by atoms with E-state index in [1.165, 1.54) is 11.3 Å². The zero-order chi connectivity index (χ0) is 21.3. The quantitative estimate of drug-likeness (QED) is 0.544. The van der Waals surface area contributed by atoms with Gasteiger partial charge in [-0.3, -0.25) is 9.59 Å². The largest absolute Gasteiger partial charge is 0.481 e. The van der Waals surface area contributed by atoms with Gasteiger partial charge in [-0.25, -0.2) is 4.79 Å². The van der Waals surface area contributed by atoms with Gasteiger partial charge >= 0.3 is 11.9 Å². The first kappa shape index (κ1) is 21.6. The van der Waals surface area contributed by atoms with Crippen molar-refractivity contribution >= 4 is 34.2 Å². The fourth-order valence-electron chi connectivity index (χ4n) is 4.29. The third-order valence-corrected chi connectivity index (χ3v) is 7.32. The Morgan fingerprint density at radius 2 is 1.79 bits per heavy atom. The van der Waals surface area contributed by atoms with E-state index in [4.69, 9.17) is 4.74 Å². The molecular weight excluding hydrogens is 390 g/mol. The Hall–Kier alpha value is -2.15. The smallest absolute Gasteiger partial charge is 0.341 e. The summed E-state index contributed by atoms with van der Waals surface area (Å²) in [6.07, 6.45) is 3.47. The number of allylic oxidation sites excluding steroid dienone is 2. The number of carbonyl (C=O) groups excluding carboxylic acids is 2. The van der Waals surface area contributed by atoms with Gasteiger partial charge in [0.05, 0.1) is 24.0 Å². The SMILES string of the molecule is CCOC(=O)c1c(NC(=O)[C@@H]2CC(C)=C(C)C[C@H]2C(=O)O)sc2c1CC[C@@H](C)C2. The lowest BCUT2D eigenvalue weighted by molar-refractivity contribution is -0.146. The normalized spacial score (nSPS) is 24.1. The van der Waals surface area contributed by atoms with Crippen LogP contribution >= 0.6 is 11.3 Å². The molecular formula is C22H29NO5S. The van der Waals surface area contributed by atoms with Crippen molar-refractivity contribution in [3.05, 3.63) is 27.2 Å². The van der Waals surface area contributed by atoms with Gasteiger partial charge in [0.15, 0.2) is 0 Å². The molecule has 0 aromatic carbocycles. The molecule has 1 aromatic rings. The number of rotatable bonds is 5.